The predicted octanol–water partition coefficient (Wildman–Crippen LogP) is 2.64. The fourth-order valence-corrected chi connectivity index (χ4v) is 1.92. The fraction of sp³-hybridized carbons (Fsp3) is 0.308. The van der Waals surface area contributed by atoms with Gasteiger partial charge in [-0.1, -0.05) is 12.1 Å². The van der Waals surface area contributed by atoms with E-state index in [0.29, 0.717) is 0 Å². The largest absolute Gasteiger partial charge is 0.396 e. The number of hydrogen-bond acceptors (Lipinski definition) is 2. The Hall–Kier alpha value is -1.77. The van der Waals surface area contributed by atoms with E-state index in [1.54, 1.807) is 0 Å². The smallest absolute Gasteiger partial charge is 0.0827 e. The van der Waals surface area contributed by atoms with Crippen molar-refractivity contribution in [2.75, 3.05) is 5.73 Å². The van der Waals surface area contributed by atoms with Crippen molar-refractivity contribution in [3.8, 4) is 5.69 Å². The highest BCUT2D eigenvalue weighted by molar-refractivity contribution is 5.44. The third kappa shape index (κ3) is 1.58. The lowest BCUT2D eigenvalue weighted by Crippen LogP contribution is -1.94. The Bertz CT molecular complexity index is 487. The van der Waals surface area contributed by atoms with Gasteiger partial charge < -0.3 is 5.73 Å². The second kappa shape index (κ2) is 3.37. The molecule has 2 N–H and O–H groups in total. The molecule has 0 saturated heterocycles. The lowest BCUT2D eigenvalue weighted by molar-refractivity contribution is 0.861. The fourth-order valence-electron chi connectivity index (χ4n) is 1.92. The summed E-state index contributed by atoms with van der Waals surface area (Å²) in [7, 11) is 0. The van der Waals surface area contributed by atoms with Crippen LogP contribution in [0.15, 0.2) is 30.5 Å². The van der Waals surface area contributed by atoms with E-state index in [1.165, 1.54) is 18.4 Å². The van der Waals surface area contributed by atoms with Crippen LogP contribution in [0, 0.1) is 6.92 Å². The monoisotopic (exact) mass is 213 g/mol. The molecule has 3 rings (SSSR count). The number of nitrogens with two attached hydrogens (primary N) is 1. The maximum Gasteiger partial charge on any atom is 0.0827 e. The number of nitrogen functional groups attached to an aromatic ring is 1. The lowest BCUT2D eigenvalue weighted by Gasteiger charge is -2.02. The molecule has 1 heterocycles. The number of aromatic nitrogens is 2. The summed E-state index contributed by atoms with van der Waals surface area (Å²) < 4.78 is 1.83. The molecule has 1 saturated carbocycles. The second-order valence-corrected chi connectivity index (χ2v) is 4.48. The highest BCUT2D eigenvalue weighted by Gasteiger charge is 2.22. The van der Waals surface area contributed by atoms with Crippen LogP contribution in [-0.4, -0.2) is 9.78 Å². The molecule has 82 valence electrons. The summed E-state index contributed by atoms with van der Waals surface area (Å²) in [5.41, 5.74) is 9.92. The van der Waals surface area contributed by atoms with Crippen LogP contribution in [0.1, 0.15) is 30.0 Å². The Morgan fingerprint density at radius 2 is 1.94 bits per heavy atom. The molecule has 1 fully saturated rings. The van der Waals surface area contributed by atoms with Gasteiger partial charge in [0, 0.05) is 0 Å². The summed E-state index contributed by atoms with van der Waals surface area (Å²) in [6.07, 6.45) is 4.54. The molecule has 0 unspecified atom stereocenters. The average Bonchev–Trinajstić information content (AvgIpc) is 3.07. The van der Waals surface area contributed by atoms with E-state index >= 15 is 0 Å². The van der Waals surface area contributed by atoms with Crippen molar-refractivity contribution in [2.24, 2.45) is 0 Å². The first-order valence-corrected chi connectivity index (χ1v) is 5.66. The molecule has 3 nitrogen and oxygen atoms in total. The molecule has 0 amide bonds. The van der Waals surface area contributed by atoms with E-state index in [2.05, 4.69) is 29.4 Å². The van der Waals surface area contributed by atoms with Crippen molar-refractivity contribution in [3.05, 3.63) is 41.7 Å². The third-order valence-corrected chi connectivity index (χ3v) is 3.14. The Morgan fingerprint density at radius 3 is 2.44 bits per heavy atom. The summed E-state index contributed by atoms with van der Waals surface area (Å²) in [5, 5.41) is 4.36. The number of nitrogens with zero attached hydrogens (tertiary/aromatic N) is 2. The Labute approximate surface area is 94.9 Å². The van der Waals surface area contributed by atoms with Crippen LogP contribution in [0.2, 0.25) is 0 Å². The highest BCUT2D eigenvalue weighted by atomic mass is 15.3. The van der Waals surface area contributed by atoms with Gasteiger partial charge in [0.25, 0.3) is 0 Å². The SMILES string of the molecule is Cc1nn(-c2ccc(C3CC3)cc2)cc1N. The van der Waals surface area contributed by atoms with Gasteiger partial charge in [0.15, 0.2) is 0 Å². The number of rotatable bonds is 2. The molecule has 0 radical (unpaired) electrons. The molecule has 0 aliphatic heterocycles. The van der Waals surface area contributed by atoms with E-state index in [-0.39, 0.29) is 0 Å². The number of anilines is 1. The molecule has 3 heteroatoms. The summed E-state index contributed by atoms with van der Waals surface area (Å²) in [6.45, 7) is 1.92. The van der Waals surface area contributed by atoms with Gasteiger partial charge in [-0.2, -0.15) is 5.10 Å². The van der Waals surface area contributed by atoms with Gasteiger partial charge in [0.1, 0.15) is 0 Å². The first-order valence-electron chi connectivity index (χ1n) is 5.66. The normalized spacial score (nSPS) is 15.3. The zero-order chi connectivity index (χ0) is 11.1. The minimum Gasteiger partial charge on any atom is -0.396 e. The van der Waals surface area contributed by atoms with E-state index in [0.717, 1.165) is 23.0 Å². The molecule has 0 bridgehead atoms. The second-order valence-electron chi connectivity index (χ2n) is 4.48. The van der Waals surface area contributed by atoms with Crippen LogP contribution in [-0.2, 0) is 0 Å². The van der Waals surface area contributed by atoms with Crippen molar-refractivity contribution in [2.45, 2.75) is 25.7 Å². The van der Waals surface area contributed by atoms with E-state index < -0.39 is 0 Å². The maximum absolute atomic E-state index is 5.78. The Balaban J connectivity index is 1.93. The quantitative estimate of drug-likeness (QED) is 0.833. The summed E-state index contributed by atoms with van der Waals surface area (Å²) >= 11 is 0. The summed E-state index contributed by atoms with van der Waals surface area (Å²) in [4.78, 5) is 0. The van der Waals surface area contributed by atoms with Crippen molar-refractivity contribution in [3.63, 3.8) is 0 Å². The molecular weight excluding hydrogens is 198 g/mol. The van der Waals surface area contributed by atoms with Crippen molar-refractivity contribution in [1.82, 2.24) is 9.78 Å². The first kappa shape index (κ1) is 9.46. The van der Waals surface area contributed by atoms with Crippen LogP contribution in [0.5, 0.6) is 0 Å². The molecule has 1 aromatic heterocycles. The third-order valence-electron chi connectivity index (χ3n) is 3.14. The predicted molar refractivity (Wildman–Crippen MR) is 64.7 cm³/mol. The zero-order valence-corrected chi connectivity index (χ0v) is 9.35. The van der Waals surface area contributed by atoms with E-state index in [1.807, 2.05) is 17.8 Å². The Morgan fingerprint density at radius 1 is 1.25 bits per heavy atom. The van der Waals surface area contributed by atoms with Gasteiger partial charge in [0.2, 0.25) is 0 Å². The van der Waals surface area contributed by atoms with Crippen molar-refractivity contribution in [1.29, 1.82) is 0 Å². The van der Waals surface area contributed by atoms with Crippen LogP contribution < -0.4 is 5.73 Å². The number of hydrogen-bond donors (Lipinski definition) is 1. The molecule has 1 aliphatic carbocycles. The van der Waals surface area contributed by atoms with Crippen LogP contribution >= 0.6 is 0 Å². The lowest BCUT2D eigenvalue weighted by atomic mass is 10.1. The minimum absolute atomic E-state index is 0.742. The molecule has 0 spiro atoms. The zero-order valence-electron chi connectivity index (χ0n) is 9.35. The molecule has 16 heavy (non-hydrogen) atoms. The van der Waals surface area contributed by atoms with Crippen molar-refractivity contribution < 1.29 is 0 Å². The minimum atomic E-state index is 0.742. The van der Waals surface area contributed by atoms with Gasteiger partial charge in [-0.05, 0) is 43.4 Å². The topological polar surface area (TPSA) is 43.8 Å². The highest BCUT2D eigenvalue weighted by Crippen LogP contribution is 2.40. The first-order chi connectivity index (χ1) is 7.74. The summed E-state index contributed by atoms with van der Waals surface area (Å²) in [5.74, 6) is 0.804. The molecule has 2 aromatic rings. The molecule has 1 aliphatic rings. The van der Waals surface area contributed by atoms with Crippen molar-refractivity contribution >= 4 is 5.69 Å². The average molecular weight is 213 g/mol. The number of aryl methyl sites for hydroxylation is 1. The maximum atomic E-state index is 5.78. The van der Waals surface area contributed by atoms with Gasteiger partial charge in [-0.3, -0.25) is 0 Å². The van der Waals surface area contributed by atoms with Gasteiger partial charge in [-0.15, -0.1) is 0 Å². The van der Waals surface area contributed by atoms with E-state index in [9.17, 15) is 0 Å². The molecular formula is C13H15N3. The summed E-state index contributed by atoms with van der Waals surface area (Å²) in [6, 6.07) is 8.61. The standard InChI is InChI=1S/C13H15N3/c1-9-13(14)8-16(15-9)12-6-4-11(5-7-12)10-2-3-10/h4-8,10H,2-3,14H2,1H3. The van der Waals surface area contributed by atoms with Gasteiger partial charge in [-0.25, -0.2) is 4.68 Å². The van der Waals surface area contributed by atoms with E-state index in [4.69, 9.17) is 5.73 Å². The van der Waals surface area contributed by atoms with Gasteiger partial charge >= 0.3 is 0 Å². The van der Waals surface area contributed by atoms with Crippen LogP contribution in [0.3, 0.4) is 0 Å². The molecule has 0 atom stereocenters. The number of benzene rings is 1. The van der Waals surface area contributed by atoms with Crippen LogP contribution in [0.25, 0.3) is 5.69 Å². The van der Waals surface area contributed by atoms with Gasteiger partial charge in [0.05, 0.1) is 23.3 Å². The molecule has 1 aromatic carbocycles. The van der Waals surface area contributed by atoms with Crippen LogP contribution in [0.4, 0.5) is 5.69 Å². The Kier molecular flexibility index (Phi) is 1.99.